The zero-order valence-electron chi connectivity index (χ0n) is 13.7. The van der Waals surface area contributed by atoms with Gasteiger partial charge in [-0.15, -0.1) is 11.3 Å². The van der Waals surface area contributed by atoms with Crippen molar-refractivity contribution in [2.45, 2.75) is 0 Å². The fourth-order valence-corrected chi connectivity index (χ4v) is 4.26. The molecule has 4 nitrogen and oxygen atoms in total. The summed E-state index contributed by atoms with van der Waals surface area (Å²) in [6.07, 6.45) is 0. The van der Waals surface area contributed by atoms with Gasteiger partial charge in [0.05, 0.1) is 12.8 Å². The second-order valence-corrected chi connectivity index (χ2v) is 6.96. The first-order chi connectivity index (χ1) is 11.7. The molecule has 0 aliphatic carbocycles. The Morgan fingerprint density at radius 1 is 0.958 bits per heavy atom. The molecule has 4 rings (SSSR count). The Hall–Kier alpha value is -2.40. The molecule has 5 heteroatoms. The van der Waals surface area contributed by atoms with Crippen LogP contribution in [0.5, 0.6) is 5.75 Å². The first kappa shape index (κ1) is 15.1. The van der Waals surface area contributed by atoms with E-state index in [4.69, 9.17) is 10.5 Å². The lowest BCUT2D eigenvalue weighted by molar-refractivity contribution is 0.415. The van der Waals surface area contributed by atoms with E-state index in [9.17, 15) is 0 Å². The van der Waals surface area contributed by atoms with Gasteiger partial charge in [-0.3, -0.25) is 0 Å². The third-order valence-corrected chi connectivity index (χ3v) is 5.57. The van der Waals surface area contributed by atoms with Crippen LogP contribution in [0.1, 0.15) is 0 Å². The lowest BCUT2D eigenvalue weighted by Crippen LogP contribution is -2.46. The summed E-state index contributed by atoms with van der Waals surface area (Å²) >= 11 is 1.79. The molecule has 2 aromatic carbocycles. The lowest BCUT2D eigenvalue weighted by Gasteiger charge is -2.37. The Labute approximate surface area is 146 Å². The van der Waals surface area contributed by atoms with Gasteiger partial charge in [-0.05, 0) is 42.5 Å². The average molecular weight is 339 g/mol. The van der Waals surface area contributed by atoms with Crippen molar-refractivity contribution in [1.82, 2.24) is 0 Å². The fraction of sp³-hybridized carbons (Fsp3) is 0.263. The maximum Gasteiger partial charge on any atom is 0.120 e. The SMILES string of the molecule is COc1ccc2c(N3CCN(c4ccc(N)cc4)CC3)csc2c1. The molecule has 124 valence electrons. The van der Waals surface area contributed by atoms with Gasteiger partial charge in [0, 0.05) is 53.0 Å². The molecule has 1 aromatic heterocycles. The molecular formula is C19H21N3OS. The van der Waals surface area contributed by atoms with Crippen molar-refractivity contribution in [3.8, 4) is 5.75 Å². The summed E-state index contributed by atoms with van der Waals surface area (Å²) in [5, 5.41) is 3.59. The molecule has 1 aliphatic rings. The van der Waals surface area contributed by atoms with Crippen LogP contribution in [0.4, 0.5) is 17.1 Å². The number of anilines is 3. The van der Waals surface area contributed by atoms with Crippen LogP contribution >= 0.6 is 11.3 Å². The minimum atomic E-state index is 0.817. The van der Waals surface area contributed by atoms with Crippen LogP contribution in [0, 0.1) is 0 Å². The van der Waals surface area contributed by atoms with E-state index in [1.807, 2.05) is 18.2 Å². The highest BCUT2D eigenvalue weighted by Gasteiger charge is 2.20. The summed E-state index contributed by atoms with van der Waals surface area (Å²) in [5.74, 6) is 0.920. The van der Waals surface area contributed by atoms with E-state index in [2.05, 4.69) is 39.4 Å². The molecule has 0 bridgehead atoms. The molecule has 0 radical (unpaired) electrons. The quantitative estimate of drug-likeness (QED) is 0.737. The third kappa shape index (κ3) is 2.76. The minimum Gasteiger partial charge on any atom is -0.497 e. The first-order valence-electron chi connectivity index (χ1n) is 8.15. The highest BCUT2D eigenvalue weighted by atomic mass is 32.1. The predicted molar refractivity (Wildman–Crippen MR) is 104 cm³/mol. The Morgan fingerprint density at radius 2 is 1.67 bits per heavy atom. The molecule has 3 aromatic rings. The first-order valence-corrected chi connectivity index (χ1v) is 9.03. The molecule has 0 spiro atoms. The number of nitrogen functional groups attached to an aromatic ring is 1. The molecular weight excluding hydrogens is 318 g/mol. The molecule has 2 N–H and O–H groups in total. The number of hydrogen-bond acceptors (Lipinski definition) is 5. The summed E-state index contributed by atoms with van der Waals surface area (Å²) < 4.78 is 6.61. The molecule has 0 unspecified atom stereocenters. The van der Waals surface area contributed by atoms with Crippen molar-refractivity contribution >= 4 is 38.5 Å². The summed E-state index contributed by atoms with van der Waals surface area (Å²) in [5.41, 5.74) is 9.19. The molecule has 1 aliphatic heterocycles. The maximum atomic E-state index is 5.78. The standard InChI is InChI=1S/C19H21N3OS/c1-23-16-6-7-17-18(13-24-19(17)12-16)22-10-8-21(9-11-22)15-4-2-14(20)3-5-15/h2-7,12-13H,8-11,20H2,1H3. The van der Waals surface area contributed by atoms with Gasteiger partial charge in [0.2, 0.25) is 0 Å². The van der Waals surface area contributed by atoms with E-state index in [1.165, 1.54) is 21.5 Å². The number of ether oxygens (including phenoxy) is 1. The van der Waals surface area contributed by atoms with Crippen LogP contribution in [0.15, 0.2) is 47.8 Å². The summed E-state index contributed by atoms with van der Waals surface area (Å²) in [6.45, 7) is 4.11. The van der Waals surface area contributed by atoms with Crippen molar-refractivity contribution in [3.63, 3.8) is 0 Å². The van der Waals surface area contributed by atoms with Crippen LogP contribution in [0.25, 0.3) is 10.1 Å². The molecule has 0 saturated carbocycles. The Morgan fingerprint density at radius 3 is 2.38 bits per heavy atom. The van der Waals surface area contributed by atoms with Crippen molar-refractivity contribution in [2.24, 2.45) is 0 Å². The number of rotatable bonds is 3. The maximum absolute atomic E-state index is 5.78. The van der Waals surface area contributed by atoms with Crippen molar-refractivity contribution < 1.29 is 4.74 Å². The van der Waals surface area contributed by atoms with E-state index in [-0.39, 0.29) is 0 Å². The van der Waals surface area contributed by atoms with E-state index in [1.54, 1.807) is 18.4 Å². The smallest absolute Gasteiger partial charge is 0.120 e. The van der Waals surface area contributed by atoms with E-state index >= 15 is 0 Å². The summed E-state index contributed by atoms with van der Waals surface area (Å²) in [7, 11) is 1.71. The summed E-state index contributed by atoms with van der Waals surface area (Å²) in [4.78, 5) is 4.91. The van der Waals surface area contributed by atoms with Gasteiger partial charge < -0.3 is 20.3 Å². The van der Waals surface area contributed by atoms with Gasteiger partial charge in [0.15, 0.2) is 0 Å². The highest BCUT2D eigenvalue weighted by molar-refractivity contribution is 7.17. The van der Waals surface area contributed by atoms with Crippen LogP contribution in [-0.4, -0.2) is 33.3 Å². The number of nitrogens with zero attached hydrogens (tertiary/aromatic N) is 2. The van der Waals surface area contributed by atoms with Crippen LogP contribution in [0.2, 0.25) is 0 Å². The van der Waals surface area contributed by atoms with Gasteiger partial charge >= 0.3 is 0 Å². The topological polar surface area (TPSA) is 41.7 Å². The second-order valence-electron chi connectivity index (χ2n) is 6.05. The third-order valence-electron chi connectivity index (χ3n) is 4.64. The van der Waals surface area contributed by atoms with E-state index in [0.29, 0.717) is 0 Å². The second kappa shape index (κ2) is 6.24. The minimum absolute atomic E-state index is 0.817. The fourth-order valence-electron chi connectivity index (χ4n) is 3.26. The van der Waals surface area contributed by atoms with E-state index in [0.717, 1.165) is 37.6 Å². The normalized spacial score (nSPS) is 15.0. The zero-order chi connectivity index (χ0) is 16.5. The van der Waals surface area contributed by atoms with Gasteiger partial charge in [-0.2, -0.15) is 0 Å². The number of piperazine rings is 1. The van der Waals surface area contributed by atoms with Gasteiger partial charge in [-0.25, -0.2) is 0 Å². The number of benzene rings is 2. The van der Waals surface area contributed by atoms with Crippen molar-refractivity contribution in [1.29, 1.82) is 0 Å². The number of hydrogen-bond donors (Lipinski definition) is 1. The Kier molecular flexibility index (Phi) is 3.94. The van der Waals surface area contributed by atoms with Gasteiger partial charge in [-0.1, -0.05) is 0 Å². The largest absolute Gasteiger partial charge is 0.497 e. The number of thiophene rings is 1. The average Bonchev–Trinajstić information content (AvgIpc) is 3.05. The van der Waals surface area contributed by atoms with E-state index < -0.39 is 0 Å². The molecule has 0 amide bonds. The summed E-state index contributed by atoms with van der Waals surface area (Å²) in [6, 6.07) is 14.5. The van der Waals surface area contributed by atoms with Crippen molar-refractivity contribution in [2.75, 3.05) is 48.8 Å². The molecule has 24 heavy (non-hydrogen) atoms. The molecule has 2 heterocycles. The lowest BCUT2D eigenvalue weighted by atomic mass is 10.2. The van der Waals surface area contributed by atoms with Crippen LogP contribution in [0.3, 0.4) is 0 Å². The zero-order valence-corrected chi connectivity index (χ0v) is 14.6. The van der Waals surface area contributed by atoms with Crippen molar-refractivity contribution in [3.05, 3.63) is 47.8 Å². The Bertz CT molecular complexity index is 835. The predicted octanol–water partition coefficient (Wildman–Crippen LogP) is 3.82. The Balaban J connectivity index is 1.50. The van der Waals surface area contributed by atoms with Crippen LogP contribution in [-0.2, 0) is 0 Å². The van der Waals surface area contributed by atoms with Gasteiger partial charge in [0.25, 0.3) is 0 Å². The number of methoxy groups -OCH3 is 1. The molecule has 1 saturated heterocycles. The molecule has 0 atom stereocenters. The molecule has 1 fully saturated rings. The van der Waals surface area contributed by atoms with Crippen LogP contribution < -0.4 is 20.3 Å². The highest BCUT2D eigenvalue weighted by Crippen LogP contribution is 2.36. The monoisotopic (exact) mass is 339 g/mol. The number of nitrogens with two attached hydrogens (primary N) is 1. The van der Waals surface area contributed by atoms with Gasteiger partial charge in [0.1, 0.15) is 5.75 Å². The number of fused-ring (bicyclic) bond motifs is 1.